The lowest BCUT2D eigenvalue weighted by atomic mass is 10.1. The van der Waals surface area contributed by atoms with Gasteiger partial charge >= 0.3 is 81.3 Å². The molecule has 0 heterocycles. The van der Waals surface area contributed by atoms with Gasteiger partial charge in [-0.05, 0) is 39.8 Å². The molecule has 0 saturated carbocycles. The highest BCUT2D eigenvalue weighted by Crippen LogP contribution is 2.56. The third-order valence-corrected chi connectivity index (χ3v) is 9.26. The number of halogens is 19. The Morgan fingerprint density at radius 1 is 0.638 bits per heavy atom. The topological polar surface area (TPSA) is 137 Å². The maximum atomic E-state index is 14.1. The Balaban J connectivity index is 5.95. The van der Waals surface area contributed by atoms with E-state index in [-0.39, 0.29) is 37.8 Å². The number of ether oxygens (including phenoxy) is 6. The fourth-order valence-corrected chi connectivity index (χ4v) is 5.85. The van der Waals surface area contributed by atoms with Crippen molar-refractivity contribution in [2.45, 2.75) is 101 Å². The van der Waals surface area contributed by atoms with Crippen LogP contribution in [0.5, 0.6) is 0 Å². The van der Waals surface area contributed by atoms with Gasteiger partial charge in [0.25, 0.3) is 0 Å². The summed E-state index contributed by atoms with van der Waals surface area (Å²) in [6, 6.07) is 0.283. The Bertz CT molecular complexity index is 1410. The van der Waals surface area contributed by atoms with E-state index in [1.54, 1.807) is 20.4 Å². The number of nitrogens with one attached hydrogen (secondary N) is 1. The van der Waals surface area contributed by atoms with Crippen LogP contribution in [0.4, 0.5) is 88.2 Å². The highest BCUT2D eigenvalue weighted by molar-refractivity contribution is 6.66. The van der Waals surface area contributed by atoms with E-state index in [0.717, 1.165) is 6.92 Å². The molecule has 58 heavy (non-hydrogen) atoms. The third-order valence-electron chi connectivity index (χ3n) is 6.20. The molecule has 0 saturated heterocycles. The number of carbonyl (C=O) groups is 3. The van der Waals surface area contributed by atoms with Gasteiger partial charge in [0, 0.05) is 25.3 Å². The average molecular weight is 922 g/mol. The molecule has 0 aliphatic heterocycles. The normalized spacial score (nSPS) is 14.8. The summed E-state index contributed by atoms with van der Waals surface area (Å²) < 4.78 is 282. The minimum absolute atomic E-state index is 0.161. The first-order valence-corrected chi connectivity index (χ1v) is 17.7. The Morgan fingerprint density at radius 2 is 1.05 bits per heavy atom. The van der Waals surface area contributed by atoms with Crippen LogP contribution in [0.15, 0.2) is 12.2 Å². The van der Waals surface area contributed by atoms with Crippen LogP contribution in [0.25, 0.3) is 0 Å². The van der Waals surface area contributed by atoms with Gasteiger partial charge in [-0.15, -0.1) is 0 Å². The van der Waals surface area contributed by atoms with Crippen molar-refractivity contribution in [3.63, 3.8) is 0 Å². The molecule has 0 spiro atoms. The predicted molar refractivity (Wildman–Crippen MR) is 148 cm³/mol. The zero-order chi connectivity index (χ0) is 46.2. The molecule has 12 nitrogen and oxygen atoms in total. The lowest BCUT2D eigenvalue weighted by Gasteiger charge is -2.37. The Hall–Kier alpha value is -3.36. The van der Waals surface area contributed by atoms with E-state index in [1.165, 1.54) is 9.47 Å². The van der Waals surface area contributed by atoms with Gasteiger partial charge in [-0.1, -0.05) is 6.58 Å². The van der Waals surface area contributed by atoms with Crippen LogP contribution in [0, 0.1) is 0 Å². The van der Waals surface area contributed by atoms with Gasteiger partial charge in [0.2, 0.25) is 0 Å². The smallest absolute Gasteiger partial charge is 0.458 e. The summed E-state index contributed by atoms with van der Waals surface area (Å²) in [5.74, 6) is -21.2. The first-order chi connectivity index (χ1) is 25.7. The van der Waals surface area contributed by atoms with Gasteiger partial charge in [-0.3, -0.25) is 0 Å². The van der Waals surface area contributed by atoms with Gasteiger partial charge in [-0.2, -0.15) is 83.4 Å². The molecule has 1 atom stereocenters. The molecule has 1 amide bonds. The van der Waals surface area contributed by atoms with Crippen molar-refractivity contribution < 1.29 is 135 Å². The number of alkyl halides is 19. The van der Waals surface area contributed by atoms with Crippen molar-refractivity contribution >= 4 is 26.6 Å². The molecule has 1 unspecified atom stereocenters. The van der Waals surface area contributed by atoms with E-state index < -0.39 is 101 Å². The maximum Gasteiger partial charge on any atom is 0.460 e. The van der Waals surface area contributed by atoms with Crippen LogP contribution in [0.1, 0.15) is 27.2 Å². The predicted octanol–water partition coefficient (Wildman–Crippen LogP) is 7.72. The summed E-state index contributed by atoms with van der Waals surface area (Å²) in [6.07, 6.45) is -57.2. The second-order valence-electron chi connectivity index (χ2n) is 11.1. The van der Waals surface area contributed by atoms with Crippen LogP contribution in [0.3, 0.4) is 0 Å². The molecule has 0 radical (unpaired) electrons. The molecule has 0 rings (SSSR count). The van der Waals surface area contributed by atoms with Crippen LogP contribution in [0.2, 0.25) is 12.6 Å². The van der Waals surface area contributed by atoms with Gasteiger partial charge in [0.05, 0.1) is 0 Å². The summed E-state index contributed by atoms with van der Waals surface area (Å²) in [5, 5.41) is 2.11. The van der Waals surface area contributed by atoms with E-state index >= 15 is 0 Å². The van der Waals surface area contributed by atoms with E-state index in [0.29, 0.717) is 0 Å². The first-order valence-electron chi connectivity index (χ1n) is 15.1. The van der Waals surface area contributed by atoms with Crippen molar-refractivity contribution in [1.29, 1.82) is 0 Å². The summed E-state index contributed by atoms with van der Waals surface area (Å²) in [5.41, 5.74) is -0.342. The quantitative estimate of drug-likeness (QED) is 0.0241. The summed E-state index contributed by atoms with van der Waals surface area (Å²) >= 11 is 0. The van der Waals surface area contributed by atoms with Crippen molar-refractivity contribution in [3.05, 3.63) is 12.2 Å². The van der Waals surface area contributed by atoms with E-state index in [4.69, 9.17) is 8.85 Å². The van der Waals surface area contributed by atoms with E-state index in [1.807, 2.05) is 0 Å². The number of alkyl carbamates (subject to hydrolysis) is 1. The number of rotatable bonds is 25. The van der Waals surface area contributed by atoms with Crippen LogP contribution < -0.4 is 5.32 Å². The van der Waals surface area contributed by atoms with Gasteiger partial charge in [0.15, 0.2) is 6.10 Å². The minimum Gasteiger partial charge on any atom is -0.458 e. The van der Waals surface area contributed by atoms with Crippen LogP contribution in [-0.2, 0) is 46.9 Å². The molecule has 32 heteroatoms. The van der Waals surface area contributed by atoms with Crippen molar-refractivity contribution in [2.24, 2.45) is 0 Å². The van der Waals surface area contributed by atoms with Gasteiger partial charge in [0.1, 0.15) is 13.2 Å². The largest absolute Gasteiger partial charge is 0.460 e. The third kappa shape index (κ3) is 14.1. The Labute approximate surface area is 313 Å². The van der Waals surface area contributed by atoms with E-state index in [9.17, 15) is 97.8 Å². The second-order valence-corrected chi connectivity index (χ2v) is 14.4. The molecule has 0 aromatic carbocycles. The molecule has 0 aromatic rings. The highest BCUT2D eigenvalue weighted by atomic mass is 28.4. The second kappa shape index (κ2) is 19.3. The number of hydrogen-bond acceptors (Lipinski definition) is 11. The molecular weight excluding hydrogens is 891 g/mol. The van der Waals surface area contributed by atoms with Crippen molar-refractivity contribution in [3.8, 4) is 0 Å². The number of amides is 1. The molecule has 0 aromatic heterocycles. The number of hydrogen-bond donors (Lipinski definition) is 1. The molecule has 0 bridgehead atoms. The fourth-order valence-electron chi connectivity index (χ4n) is 3.44. The molecule has 0 fully saturated rings. The van der Waals surface area contributed by atoms with Crippen molar-refractivity contribution in [2.75, 3.05) is 33.0 Å². The first kappa shape index (κ1) is 54.6. The molecular formula is C26H30F19NO11Si. The van der Waals surface area contributed by atoms with E-state index in [2.05, 4.69) is 30.8 Å². The Kier molecular flexibility index (Phi) is 18.2. The summed E-state index contributed by atoms with van der Waals surface area (Å²) in [4.78, 5) is 35.7. The summed E-state index contributed by atoms with van der Waals surface area (Å²) in [7, 11) is -2.70. The minimum atomic E-state index is -8.28. The fraction of sp³-hybridized carbons (Fsp3) is 0.808. The summed E-state index contributed by atoms with van der Waals surface area (Å²) in [6.45, 7) is 6.57. The lowest BCUT2D eigenvalue weighted by molar-refractivity contribution is -0.567. The zero-order valence-electron chi connectivity index (χ0n) is 29.4. The standard InChI is InChI=1S/C26H30F19NO11Si/c1-6-52-58(5,53-7-2)10-8-9-46-17(49)54-14(11-50-15(47)13(3)4)12-51-16(48)18(27,28)55-23(38,39)24(40,41)57-26(44,45)25(42,43)56-22(36,37)20(31,32)19(29,30)21(33,34)35/h14H,3,6-12H2,1-2,4-5H3,(H,46,49). The van der Waals surface area contributed by atoms with Gasteiger partial charge < -0.3 is 28.4 Å². The van der Waals surface area contributed by atoms with Crippen LogP contribution in [-0.4, -0.2) is 120 Å². The molecule has 342 valence electrons. The van der Waals surface area contributed by atoms with Crippen LogP contribution >= 0.6 is 0 Å². The maximum absolute atomic E-state index is 14.1. The zero-order valence-corrected chi connectivity index (χ0v) is 30.4. The molecule has 0 aliphatic rings. The van der Waals surface area contributed by atoms with Gasteiger partial charge in [-0.25, -0.2) is 28.6 Å². The molecule has 0 aliphatic carbocycles. The number of carbonyl (C=O) groups excluding carboxylic acids is 3. The average Bonchev–Trinajstić information content (AvgIpc) is 3.01. The highest BCUT2D eigenvalue weighted by Gasteiger charge is 2.85. The number of esters is 2. The SMILES string of the molecule is C=C(C)C(=O)OCC(COC(=O)C(F)(F)OC(F)(F)C(F)(F)OC(F)(F)C(F)(F)OC(F)(F)C(F)(F)C(F)(F)C(F)(F)F)OC(=O)NCCC[Si](C)(OCC)OCC. The monoisotopic (exact) mass is 921 g/mol. The lowest BCUT2D eigenvalue weighted by Crippen LogP contribution is -2.65. The molecule has 1 N–H and O–H groups in total. The Morgan fingerprint density at radius 3 is 1.47 bits per heavy atom. The van der Waals surface area contributed by atoms with Crippen molar-refractivity contribution in [1.82, 2.24) is 5.32 Å².